The lowest BCUT2D eigenvalue weighted by atomic mass is 10.1. The van der Waals surface area contributed by atoms with Gasteiger partial charge in [0.15, 0.2) is 5.76 Å². The molecule has 0 aliphatic heterocycles. The Bertz CT molecular complexity index is 339. The summed E-state index contributed by atoms with van der Waals surface area (Å²) in [5, 5.41) is 12.8. The van der Waals surface area contributed by atoms with Gasteiger partial charge in [0.1, 0.15) is 11.3 Å². The van der Waals surface area contributed by atoms with Gasteiger partial charge in [-0.15, -0.1) is 0 Å². The maximum atomic E-state index is 10.9. The van der Waals surface area contributed by atoms with Crippen molar-refractivity contribution in [2.75, 3.05) is 0 Å². The molecule has 4 nitrogen and oxygen atoms in total. The third-order valence-electron chi connectivity index (χ3n) is 2.29. The molecule has 0 atom stereocenters. The molecule has 70 valence electrons. The topological polar surface area (TPSA) is 63.3 Å². The number of rotatable bonds is 3. The van der Waals surface area contributed by atoms with Crippen LogP contribution in [-0.2, 0) is 6.42 Å². The zero-order valence-corrected chi connectivity index (χ0v) is 7.41. The molecule has 1 aromatic rings. The summed E-state index contributed by atoms with van der Waals surface area (Å²) in [6.45, 7) is 1.86. The van der Waals surface area contributed by atoms with Gasteiger partial charge in [0.2, 0.25) is 0 Å². The summed E-state index contributed by atoms with van der Waals surface area (Å²) in [5.41, 5.74) is 0.939. The predicted molar refractivity (Wildman–Crippen MR) is 44.8 cm³/mol. The van der Waals surface area contributed by atoms with Gasteiger partial charge in [0, 0.05) is 12.3 Å². The van der Waals surface area contributed by atoms with Crippen LogP contribution in [0.3, 0.4) is 0 Å². The molecule has 0 spiro atoms. The molecule has 1 aromatic heterocycles. The first-order valence-corrected chi connectivity index (χ1v) is 4.45. The maximum absolute atomic E-state index is 10.9. The van der Waals surface area contributed by atoms with E-state index in [9.17, 15) is 4.79 Å². The molecule has 0 saturated heterocycles. The Morgan fingerprint density at radius 1 is 1.69 bits per heavy atom. The molecule has 0 amide bonds. The van der Waals surface area contributed by atoms with Gasteiger partial charge in [-0.3, -0.25) is 0 Å². The zero-order chi connectivity index (χ0) is 9.42. The highest BCUT2D eigenvalue weighted by Crippen LogP contribution is 2.41. The Morgan fingerprint density at radius 2 is 2.38 bits per heavy atom. The first-order chi connectivity index (χ1) is 6.24. The average molecular weight is 181 g/mol. The minimum absolute atomic E-state index is 0.296. The Balaban J connectivity index is 2.44. The fourth-order valence-electron chi connectivity index (χ4n) is 1.44. The Hall–Kier alpha value is -1.32. The summed E-state index contributed by atoms with van der Waals surface area (Å²) in [4.78, 5) is 10.9. The van der Waals surface area contributed by atoms with Crippen molar-refractivity contribution in [1.82, 2.24) is 5.16 Å². The Morgan fingerprint density at radius 3 is 2.85 bits per heavy atom. The monoisotopic (exact) mass is 181 g/mol. The van der Waals surface area contributed by atoms with Gasteiger partial charge in [0.05, 0.1) is 0 Å². The van der Waals surface area contributed by atoms with E-state index in [1.54, 1.807) is 0 Å². The van der Waals surface area contributed by atoms with Crippen LogP contribution in [0.15, 0.2) is 4.52 Å². The molecule has 1 saturated carbocycles. The third-order valence-corrected chi connectivity index (χ3v) is 2.29. The summed E-state index contributed by atoms with van der Waals surface area (Å²) in [5.74, 6) is -0.0930. The van der Waals surface area contributed by atoms with Gasteiger partial charge in [0.25, 0.3) is 0 Å². The van der Waals surface area contributed by atoms with E-state index in [4.69, 9.17) is 9.63 Å². The van der Waals surface area contributed by atoms with Crippen LogP contribution in [0.2, 0.25) is 0 Å². The van der Waals surface area contributed by atoms with Crippen molar-refractivity contribution in [3.8, 4) is 0 Å². The van der Waals surface area contributed by atoms with Crippen LogP contribution in [0.25, 0.3) is 0 Å². The van der Waals surface area contributed by atoms with E-state index in [-0.39, 0.29) is 0 Å². The Kier molecular flexibility index (Phi) is 1.83. The van der Waals surface area contributed by atoms with Gasteiger partial charge in [-0.05, 0) is 12.8 Å². The summed E-state index contributed by atoms with van der Waals surface area (Å²) < 4.78 is 4.98. The number of carboxylic acids is 1. The third kappa shape index (κ3) is 1.32. The van der Waals surface area contributed by atoms with Crippen LogP contribution >= 0.6 is 0 Å². The van der Waals surface area contributed by atoms with E-state index >= 15 is 0 Å². The lowest BCUT2D eigenvalue weighted by Gasteiger charge is -1.93. The molecule has 13 heavy (non-hydrogen) atoms. The minimum Gasteiger partial charge on any atom is -0.477 e. The SMILES string of the molecule is CCc1onc(C2CC2)c1C(=O)O. The number of hydrogen-bond donors (Lipinski definition) is 1. The smallest absolute Gasteiger partial charge is 0.341 e. The fourth-order valence-corrected chi connectivity index (χ4v) is 1.44. The largest absolute Gasteiger partial charge is 0.477 e. The highest BCUT2D eigenvalue weighted by atomic mass is 16.5. The average Bonchev–Trinajstić information content (AvgIpc) is 2.84. The summed E-state index contributed by atoms with van der Waals surface area (Å²) in [7, 11) is 0. The molecule has 2 rings (SSSR count). The number of aryl methyl sites for hydroxylation is 1. The second kappa shape index (κ2) is 2.87. The predicted octanol–water partition coefficient (Wildman–Crippen LogP) is 1.81. The minimum atomic E-state index is -0.917. The van der Waals surface area contributed by atoms with E-state index in [1.807, 2.05) is 6.92 Å². The number of aromatic carboxylic acids is 1. The van der Waals surface area contributed by atoms with Crippen molar-refractivity contribution in [3.63, 3.8) is 0 Å². The summed E-state index contributed by atoms with van der Waals surface area (Å²) in [6.07, 6.45) is 2.66. The molecule has 0 aromatic carbocycles. The van der Waals surface area contributed by atoms with Crippen LogP contribution in [0.1, 0.15) is 47.5 Å². The molecular formula is C9H11NO3. The lowest BCUT2D eigenvalue weighted by molar-refractivity contribution is 0.0693. The van der Waals surface area contributed by atoms with Crippen LogP contribution in [-0.4, -0.2) is 16.2 Å². The highest BCUT2D eigenvalue weighted by molar-refractivity contribution is 5.90. The molecule has 1 fully saturated rings. The Labute approximate surface area is 75.5 Å². The summed E-state index contributed by atoms with van der Waals surface area (Å²) >= 11 is 0. The van der Waals surface area contributed by atoms with Crippen LogP contribution in [0.4, 0.5) is 0 Å². The normalized spacial score (nSPS) is 16.1. The number of hydrogen-bond acceptors (Lipinski definition) is 3. The molecule has 1 heterocycles. The van der Waals surface area contributed by atoms with Crippen molar-refractivity contribution in [1.29, 1.82) is 0 Å². The van der Waals surface area contributed by atoms with Gasteiger partial charge in [-0.1, -0.05) is 12.1 Å². The van der Waals surface area contributed by atoms with Gasteiger partial charge in [-0.25, -0.2) is 4.79 Å². The first-order valence-electron chi connectivity index (χ1n) is 4.45. The van der Waals surface area contributed by atoms with Crippen molar-refractivity contribution in [2.45, 2.75) is 32.1 Å². The van der Waals surface area contributed by atoms with Crippen LogP contribution in [0, 0.1) is 0 Å². The number of carbonyl (C=O) groups is 1. The van der Waals surface area contributed by atoms with E-state index in [2.05, 4.69) is 5.16 Å². The maximum Gasteiger partial charge on any atom is 0.341 e. The van der Waals surface area contributed by atoms with Gasteiger partial charge >= 0.3 is 5.97 Å². The molecule has 1 aliphatic rings. The van der Waals surface area contributed by atoms with E-state index < -0.39 is 5.97 Å². The fraction of sp³-hybridized carbons (Fsp3) is 0.556. The number of nitrogens with zero attached hydrogens (tertiary/aromatic N) is 1. The molecular weight excluding hydrogens is 170 g/mol. The van der Waals surface area contributed by atoms with E-state index in [0.717, 1.165) is 12.8 Å². The molecule has 0 unspecified atom stereocenters. The molecule has 0 radical (unpaired) electrons. The van der Waals surface area contributed by atoms with E-state index in [1.165, 1.54) is 0 Å². The second-order valence-corrected chi connectivity index (χ2v) is 3.30. The number of aromatic nitrogens is 1. The number of carboxylic acid groups (broad SMARTS) is 1. The second-order valence-electron chi connectivity index (χ2n) is 3.30. The molecule has 1 aliphatic carbocycles. The standard InChI is InChI=1S/C9H11NO3/c1-2-6-7(9(11)12)8(10-13-6)5-3-4-5/h5H,2-4H2,1H3,(H,11,12). The van der Waals surface area contributed by atoms with Crippen LogP contribution < -0.4 is 0 Å². The lowest BCUT2D eigenvalue weighted by Crippen LogP contribution is -2.02. The van der Waals surface area contributed by atoms with Gasteiger partial charge in [-0.2, -0.15) is 0 Å². The molecule has 4 heteroatoms. The quantitative estimate of drug-likeness (QED) is 0.772. The van der Waals surface area contributed by atoms with Crippen molar-refractivity contribution in [2.24, 2.45) is 0 Å². The van der Waals surface area contributed by atoms with Crippen molar-refractivity contribution in [3.05, 3.63) is 17.0 Å². The zero-order valence-electron chi connectivity index (χ0n) is 7.41. The van der Waals surface area contributed by atoms with Crippen LogP contribution in [0.5, 0.6) is 0 Å². The highest BCUT2D eigenvalue weighted by Gasteiger charge is 2.33. The molecule has 1 N–H and O–H groups in total. The van der Waals surface area contributed by atoms with Crippen molar-refractivity contribution >= 4 is 5.97 Å². The van der Waals surface area contributed by atoms with Crippen molar-refractivity contribution < 1.29 is 14.4 Å². The molecule has 0 bridgehead atoms. The summed E-state index contributed by atoms with van der Waals surface area (Å²) in [6, 6.07) is 0. The van der Waals surface area contributed by atoms with E-state index in [0.29, 0.717) is 29.4 Å². The van der Waals surface area contributed by atoms with Gasteiger partial charge < -0.3 is 9.63 Å². The first kappa shape index (κ1) is 8.29.